The molecule has 5 rings (SSSR count). The van der Waals surface area contributed by atoms with Crippen molar-refractivity contribution < 1.29 is 9.90 Å². The lowest BCUT2D eigenvalue weighted by molar-refractivity contribution is -0.127. The van der Waals surface area contributed by atoms with Gasteiger partial charge < -0.3 is 15.0 Å². The molecule has 0 radical (unpaired) electrons. The van der Waals surface area contributed by atoms with Crippen molar-refractivity contribution in [1.82, 2.24) is 20.1 Å². The number of aromatic amines is 1. The molecule has 3 aromatic rings. The van der Waals surface area contributed by atoms with Crippen molar-refractivity contribution in [3.63, 3.8) is 0 Å². The molecule has 2 bridgehead atoms. The van der Waals surface area contributed by atoms with Crippen molar-refractivity contribution in [2.24, 2.45) is 5.92 Å². The van der Waals surface area contributed by atoms with Crippen LogP contribution < -0.4 is 0 Å². The molecule has 1 saturated carbocycles. The van der Waals surface area contributed by atoms with Crippen molar-refractivity contribution in [3.05, 3.63) is 54.7 Å². The van der Waals surface area contributed by atoms with Crippen molar-refractivity contribution in [3.8, 4) is 17.0 Å². The van der Waals surface area contributed by atoms with Gasteiger partial charge in [-0.05, 0) is 49.1 Å². The number of carbonyl (C=O) groups is 1. The third kappa shape index (κ3) is 2.51. The zero-order valence-corrected chi connectivity index (χ0v) is 14.8. The molecular weight excluding hydrogens is 340 g/mol. The van der Waals surface area contributed by atoms with E-state index < -0.39 is 0 Å². The van der Waals surface area contributed by atoms with Crippen LogP contribution in [0.3, 0.4) is 0 Å². The molecule has 2 aliphatic rings. The predicted octanol–water partition coefficient (Wildman–Crippen LogP) is 3.22. The molecule has 1 saturated heterocycles. The lowest BCUT2D eigenvalue weighted by atomic mass is 9.94. The Labute approximate surface area is 156 Å². The van der Waals surface area contributed by atoms with Crippen molar-refractivity contribution in [2.75, 3.05) is 6.54 Å². The smallest absolute Gasteiger partial charge is 0.246 e. The van der Waals surface area contributed by atoms with E-state index in [-0.39, 0.29) is 23.6 Å². The van der Waals surface area contributed by atoms with E-state index in [4.69, 9.17) is 0 Å². The molecule has 1 aliphatic heterocycles. The summed E-state index contributed by atoms with van der Waals surface area (Å²) in [6.07, 6.45) is 3.54. The van der Waals surface area contributed by atoms with Crippen LogP contribution in [0.1, 0.15) is 24.5 Å². The van der Waals surface area contributed by atoms with Crippen LogP contribution in [0.25, 0.3) is 22.3 Å². The number of amides is 1. The molecule has 136 valence electrons. The largest absolute Gasteiger partial charge is 0.507 e. The van der Waals surface area contributed by atoms with Crippen LogP contribution in [-0.4, -0.2) is 43.7 Å². The Hall–Kier alpha value is -3.15. The first-order valence-corrected chi connectivity index (χ1v) is 9.22. The minimum Gasteiger partial charge on any atom is -0.507 e. The zero-order chi connectivity index (χ0) is 18.5. The number of H-pyrrole nitrogens is 1. The number of rotatable bonds is 3. The number of aromatic nitrogens is 3. The Kier molecular flexibility index (Phi) is 3.53. The van der Waals surface area contributed by atoms with Crippen LogP contribution in [0.4, 0.5) is 0 Å². The van der Waals surface area contributed by atoms with Gasteiger partial charge >= 0.3 is 0 Å². The first-order valence-electron chi connectivity index (χ1n) is 9.22. The summed E-state index contributed by atoms with van der Waals surface area (Å²) >= 11 is 0. The minimum atomic E-state index is 0.0185. The number of fused-ring (bicyclic) bond motifs is 3. The van der Waals surface area contributed by atoms with Gasteiger partial charge in [-0.2, -0.15) is 0 Å². The number of benzene rings is 1. The van der Waals surface area contributed by atoms with Gasteiger partial charge in [-0.25, -0.2) is 0 Å². The highest BCUT2D eigenvalue weighted by molar-refractivity contribution is 5.88. The first-order chi connectivity index (χ1) is 13.1. The summed E-state index contributed by atoms with van der Waals surface area (Å²) < 4.78 is 0. The van der Waals surface area contributed by atoms with E-state index in [2.05, 4.69) is 27.8 Å². The number of nitrogens with one attached hydrogen (secondary N) is 1. The van der Waals surface area contributed by atoms with E-state index in [1.165, 1.54) is 6.08 Å². The molecule has 0 unspecified atom stereocenters. The number of piperidine rings is 1. The molecule has 0 spiro atoms. The van der Waals surface area contributed by atoms with E-state index >= 15 is 0 Å². The molecule has 6 nitrogen and oxygen atoms in total. The summed E-state index contributed by atoms with van der Waals surface area (Å²) in [5, 5.41) is 19.6. The minimum absolute atomic E-state index is 0.0185. The number of phenolic OH excluding ortho intramolecular Hbond substituents is 1. The molecule has 3 atom stereocenters. The monoisotopic (exact) mass is 360 g/mol. The summed E-state index contributed by atoms with van der Waals surface area (Å²) in [7, 11) is 0. The Morgan fingerprint density at radius 1 is 1.26 bits per heavy atom. The normalized spacial score (nSPS) is 23.9. The fraction of sp³-hybridized carbons (Fsp3) is 0.286. The van der Waals surface area contributed by atoms with Gasteiger partial charge in [0.2, 0.25) is 5.91 Å². The highest BCUT2D eigenvalue weighted by Gasteiger charge is 2.47. The van der Waals surface area contributed by atoms with Gasteiger partial charge in [0, 0.05) is 35.1 Å². The van der Waals surface area contributed by atoms with Gasteiger partial charge in [0.15, 0.2) is 5.65 Å². The summed E-state index contributed by atoms with van der Waals surface area (Å²) in [6, 6.07) is 11.4. The maximum absolute atomic E-state index is 12.1. The third-order valence-electron chi connectivity index (χ3n) is 5.92. The molecule has 1 aliphatic carbocycles. The molecule has 27 heavy (non-hydrogen) atoms. The fourth-order valence-electron chi connectivity index (χ4n) is 4.71. The third-order valence-corrected chi connectivity index (χ3v) is 5.92. The lowest BCUT2D eigenvalue weighted by Gasteiger charge is -2.32. The second-order valence-electron chi connectivity index (χ2n) is 7.48. The molecule has 6 heteroatoms. The van der Waals surface area contributed by atoms with Crippen LogP contribution in [-0.2, 0) is 4.79 Å². The number of phenols is 1. The van der Waals surface area contributed by atoms with E-state index in [9.17, 15) is 9.90 Å². The van der Waals surface area contributed by atoms with Crippen LogP contribution in [0.2, 0.25) is 0 Å². The van der Waals surface area contributed by atoms with Gasteiger partial charge in [0.1, 0.15) is 5.75 Å². The number of hydrogen-bond acceptors (Lipinski definition) is 4. The summed E-state index contributed by atoms with van der Waals surface area (Å²) in [6.45, 7) is 4.47. The predicted molar refractivity (Wildman–Crippen MR) is 102 cm³/mol. The molecule has 1 amide bonds. The van der Waals surface area contributed by atoms with Gasteiger partial charge in [-0.3, -0.25) is 4.79 Å². The first kappa shape index (κ1) is 16.1. The number of hydrogen-bond donors (Lipinski definition) is 2. The van der Waals surface area contributed by atoms with E-state index in [0.717, 1.165) is 36.1 Å². The maximum Gasteiger partial charge on any atom is 0.246 e. The van der Waals surface area contributed by atoms with E-state index in [1.54, 1.807) is 12.1 Å². The highest BCUT2D eigenvalue weighted by atomic mass is 16.3. The average Bonchev–Trinajstić information content (AvgIpc) is 3.40. The average molecular weight is 360 g/mol. The quantitative estimate of drug-likeness (QED) is 0.703. The SMILES string of the molecule is C=CC(=O)N1C[C@@H]2C[C@H](c3cc4cc(-c5ccccc5O)nnc4[nH]3)[C@H]1C2. The van der Waals surface area contributed by atoms with Gasteiger partial charge in [-0.15, -0.1) is 10.2 Å². The van der Waals surface area contributed by atoms with Crippen LogP contribution in [0, 0.1) is 5.92 Å². The molecule has 1 aromatic carbocycles. The zero-order valence-electron chi connectivity index (χ0n) is 14.8. The van der Waals surface area contributed by atoms with E-state index in [0.29, 0.717) is 17.2 Å². The Balaban J connectivity index is 1.50. The van der Waals surface area contributed by atoms with Gasteiger partial charge in [-0.1, -0.05) is 18.7 Å². The number of likely N-dealkylation sites (tertiary alicyclic amines) is 1. The standard InChI is InChI=1S/C21H20N4O2/c1-2-20(27)25-11-12-7-15(18(25)8-12)16-9-13-10-17(23-24-21(13)22-16)14-5-3-4-6-19(14)26/h2-6,9-10,12,15,18,26H,1,7-8,11H2,(H,22,24)/t12-,15-,18-/m1/s1. The van der Waals surface area contributed by atoms with E-state index in [1.807, 2.05) is 23.1 Å². The summed E-state index contributed by atoms with van der Waals surface area (Å²) in [5.41, 5.74) is 3.14. The maximum atomic E-state index is 12.1. The fourth-order valence-corrected chi connectivity index (χ4v) is 4.71. The molecule has 2 N–H and O–H groups in total. The van der Waals surface area contributed by atoms with Crippen LogP contribution >= 0.6 is 0 Å². The van der Waals surface area contributed by atoms with Crippen molar-refractivity contribution in [1.29, 1.82) is 0 Å². The Morgan fingerprint density at radius 3 is 2.89 bits per heavy atom. The summed E-state index contributed by atoms with van der Waals surface area (Å²) in [5.74, 6) is 1.05. The van der Waals surface area contributed by atoms with Gasteiger partial charge in [0.05, 0.1) is 5.69 Å². The van der Waals surface area contributed by atoms with Crippen LogP contribution in [0.5, 0.6) is 5.75 Å². The molecule has 2 aromatic heterocycles. The number of carbonyl (C=O) groups excluding carboxylic acids is 1. The number of nitrogens with zero attached hydrogens (tertiary/aromatic N) is 3. The second kappa shape index (κ2) is 5.94. The number of para-hydroxylation sites is 1. The summed E-state index contributed by atoms with van der Waals surface area (Å²) in [4.78, 5) is 17.5. The molecular formula is C21H20N4O2. The van der Waals surface area contributed by atoms with Crippen molar-refractivity contribution >= 4 is 16.9 Å². The molecule has 3 heterocycles. The highest BCUT2D eigenvalue weighted by Crippen LogP contribution is 2.47. The number of aromatic hydroxyl groups is 1. The molecule has 2 fully saturated rings. The second-order valence-corrected chi connectivity index (χ2v) is 7.48. The Morgan fingerprint density at radius 2 is 2.11 bits per heavy atom. The topological polar surface area (TPSA) is 82.1 Å². The Bertz CT molecular complexity index is 1060. The lowest BCUT2D eigenvalue weighted by Crippen LogP contribution is -2.40. The van der Waals surface area contributed by atoms with Crippen LogP contribution in [0.15, 0.2) is 49.1 Å². The van der Waals surface area contributed by atoms with Crippen molar-refractivity contribution in [2.45, 2.75) is 24.8 Å². The van der Waals surface area contributed by atoms with Gasteiger partial charge in [0.25, 0.3) is 0 Å².